The molecule has 0 atom stereocenters. The summed E-state index contributed by atoms with van der Waals surface area (Å²) < 4.78 is 0. The third-order valence-corrected chi connectivity index (χ3v) is 2.60. The van der Waals surface area contributed by atoms with E-state index in [1.807, 2.05) is 20.8 Å². The zero-order valence-electron chi connectivity index (χ0n) is 10.7. The molecule has 0 aliphatic carbocycles. The van der Waals surface area contributed by atoms with Crippen molar-refractivity contribution in [1.82, 2.24) is 0 Å². The number of hydrogen-bond acceptors (Lipinski definition) is 1. The topological polar surface area (TPSA) is 0 Å². The zero-order valence-corrected chi connectivity index (χ0v) is 11.5. The highest BCUT2D eigenvalue weighted by atomic mass is 32.2. The highest BCUT2D eigenvalue weighted by Gasteiger charge is 2.03. The van der Waals surface area contributed by atoms with Crippen LogP contribution in [-0.4, -0.2) is 0 Å². The maximum atomic E-state index is 3.94. The van der Waals surface area contributed by atoms with Gasteiger partial charge in [0.1, 0.15) is 0 Å². The molecule has 0 radical (unpaired) electrons. The van der Waals surface area contributed by atoms with Gasteiger partial charge in [-0.15, -0.1) is 0 Å². The Labute approximate surface area is 105 Å². The molecular weight excluding hydrogens is 212 g/mol. The van der Waals surface area contributed by atoms with Gasteiger partial charge in [0.15, 0.2) is 0 Å². The number of rotatable bonds is 6. The van der Waals surface area contributed by atoms with E-state index < -0.39 is 0 Å². The summed E-state index contributed by atoms with van der Waals surface area (Å²) in [6.07, 6.45) is 3.49. The first-order valence-electron chi connectivity index (χ1n) is 5.20. The molecule has 0 bridgehead atoms. The first-order chi connectivity index (χ1) is 7.58. The second kappa shape index (κ2) is 10.3. The monoisotopic (exact) mass is 234 g/mol. The lowest BCUT2D eigenvalue weighted by atomic mass is 10.0. The molecule has 0 saturated heterocycles. The van der Waals surface area contributed by atoms with Gasteiger partial charge in [0.25, 0.3) is 0 Å². The normalized spacial score (nSPS) is 10.2. The van der Waals surface area contributed by atoms with Crippen LogP contribution in [0.3, 0.4) is 0 Å². The Morgan fingerprint density at radius 3 is 1.81 bits per heavy atom. The van der Waals surface area contributed by atoms with E-state index in [0.717, 1.165) is 21.6 Å². The molecule has 0 saturated carbocycles. The fraction of sp³-hybridized carbons (Fsp3) is 0.200. The molecule has 0 aliphatic heterocycles. The quantitative estimate of drug-likeness (QED) is 0.535. The van der Waals surface area contributed by atoms with Crippen molar-refractivity contribution < 1.29 is 0 Å². The molecule has 0 N–H and O–H groups in total. The number of allylic oxidation sites excluding steroid dienone is 5. The van der Waals surface area contributed by atoms with Gasteiger partial charge >= 0.3 is 0 Å². The lowest BCUT2D eigenvalue weighted by Gasteiger charge is -2.09. The number of hydrogen-bond donors (Lipinski definition) is 0. The van der Waals surface area contributed by atoms with E-state index in [4.69, 9.17) is 0 Å². The summed E-state index contributed by atoms with van der Waals surface area (Å²) >= 11 is 1.50. The predicted molar refractivity (Wildman–Crippen MR) is 80.5 cm³/mol. The van der Waals surface area contributed by atoms with Crippen LogP contribution in [0.2, 0.25) is 0 Å². The second-order valence-electron chi connectivity index (χ2n) is 2.68. The first kappa shape index (κ1) is 17.2. The molecule has 0 spiro atoms. The Kier molecular flexibility index (Phi) is 11.1. The molecule has 0 nitrogen and oxygen atoms in total. The lowest BCUT2D eigenvalue weighted by Crippen LogP contribution is -1.88. The zero-order chi connectivity index (χ0) is 13.1. The van der Waals surface area contributed by atoms with Gasteiger partial charge in [-0.05, 0) is 29.1 Å². The Balaban J connectivity index is 0. The van der Waals surface area contributed by atoms with Crippen molar-refractivity contribution in [2.75, 3.05) is 0 Å². The van der Waals surface area contributed by atoms with Gasteiger partial charge < -0.3 is 0 Å². The fourth-order valence-electron chi connectivity index (χ4n) is 0.974. The molecule has 0 amide bonds. The van der Waals surface area contributed by atoms with Crippen molar-refractivity contribution in [2.45, 2.75) is 20.8 Å². The average Bonchev–Trinajstić information content (AvgIpc) is 2.32. The maximum Gasteiger partial charge on any atom is 0.00791 e. The number of thioether (sulfide) groups is 1. The van der Waals surface area contributed by atoms with Crippen LogP contribution >= 0.6 is 11.8 Å². The van der Waals surface area contributed by atoms with Gasteiger partial charge in [-0.3, -0.25) is 0 Å². The summed E-state index contributed by atoms with van der Waals surface area (Å²) in [5, 5.41) is 1.75. The van der Waals surface area contributed by atoms with Gasteiger partial charge in [0.2, 0.25) is 0 Å². The van der Waals surface area contributed by atoms with E-state index in [-0.39, 0.29) is 0 Å². The Morgan fingerprint density at radius 1 is 1.00 bits per heavy atom. The Hall–Kier alpha value is -1.21. The van der Waals surface area contributed by atoms with Gasteiger partial charge in [0.05, 0.1) is 0 Å². The second-order valence-corrected chi connectivity index (χ2v) is 3.74. The van der Waals surface area contributed by atoms with Crippen LogP contribution in [0.5, 0.6) is 0 Å². The third kappa shape index (κ3) is 5.62. The highest BCUT2D eigenvalue weighted by Crippen LogP contribution is 2.28. The largest absolute Gasteiger partial charge is 0.0990 e. The van der Waals surface area contributed by atoms with E-state index >= 15 is 0 Å². The molecule has 0 unspecified atom stereocenters. The summed E-state index contributed by atoms with van der Waals surface area (Å²) in [4.78, 5) is 0.956. The van der Waals surface area contributed by atoms with Crippen molar-refractivity contribution in [1.29, 1.82) is 0 Å². The van der Waals surface area contributed by atoms with Crippen molar-refractivity contribution in [3.05, 3.63) is 72.1 Å². The molecule has 1 heteroatoms. The van der Waals surface area contributed by atoms with Crippen molar-refractivity contribution >= 4 is 11.8 Å². The maximum absolute atomic E-state index is 3.94. The first-order valence-corrected chi connectivity index (χ1v) is 6.08. The Morgan fingerprint density at radius 2 is 1.50 bits per heavy atom. The SMILES string of the molecule is C=CSC(=C)/C(C)=C(/C=C)C(=C)C=C.CC. The van der Waals surface area contributed by atoms with Gasteiger partial charge in [-0.25, -0.2) is 0 Å². The van der Waals surface area contributed by atoms with E-state index in [1.54, 1.807) is 17.6 Å². The summed E-state index contributed by atoms with van der Waals surface area (Å²) in [5.41, 5.74) is 2.91. The van der Waals surface area contributed by atoms with E-state index in [0.29, 0.717) is 0 Å². The highest BCUT2D eigenvalue weighted by molar-refractivity contribution is 8.06. The molecule has 0 aromatic heterocycles. The van der Waals surface area contributed by atoms with Gasteiger partial charge in [0, 0.05) is 4.91 Å². The molecular formula is C15H22S. The Bertz CT molecular complexity index is 316. The van der Waals surface area contributed by atoms with Crippen LogP contribution in [0.4, 0.5) is 0 Å². The molecule has 0 aromatic carbocycles. The molecule has 16 heavy (non-hydrogen) atoms. The van der Waals surface area contributed by atoms with Gasteiger partial charge in [-0.2, -0.15) is 0 Å². The third-order valence-electron chi connectivity index (χ3n) is 1.84. The summed E-state index contributed by atoms with van der Waals surface area (Å²) in [5.74, 6) is 0. The molecule has 0 aromatic rings. The predicted octanol–water partition coefficient (Wildman–Crippen LogP) is 5.65. The van der Waals surface area contributed by atoms with Crippen LogP contribution in [0, 0.1) is 0 Å². The minimum absolute atomic E-state index is 0.864. The van der Waals surface area contributed by atoms with Crippen LogP contribution in [0.15, 0.2) is 72.1 Å². The van der Waals surface area contributed by atoms with Crippen LogP contribution in [0.1, 0.15) is 20.8 Å². The van der Waals surface area contributed by atoms with Crippen LogP contribution in [-0.2, 0) is 0 Å². The van der Waals surface area contributed by atoms with Crippen LogP contribution in [0.25, 0.3) is 0 Å². The standard InChI is InChI=1S/C13H16S.C2H6/c1-7-10(4)13(8-2)11(5)12(6)14-9-3;1-2/h7-9H,1-4,6H2,5H3;1-2H3/b13-11-;. The van der Waals surface area contributed by atoms with Gasteiger partial charge in [-0.1, -0.05) is 70.7 Å². The minimum Gasteiger partial charge on any atom is -0.0990 e. The van der Waals surface area contributed by atoms with Crippen molar-refractivity contribution in [3.63, 3.8) is 0 Å². The van der Waals surface area contributed by atoms with E-state index in [1.165, 1.54) is 11.8 Å². The summed E-state index contributed by atoms with van der Waals surface area (Å²) in [6, 6.07) is 0. The van der Waals surface area contributed by atoms with Crippen molar-refractivity contribution in [2.24, 2.45) is 0 Å². The van der Waals surface area contributed by atoms with E-state index in [2.05, 4.69) is 32.9 Å². The van der Waals surface area contributed by atoms with E-state index in [9.17, 15) is 0 Å². The molecule has 0 aliphatic rings. The minimum atomic E-state index is 0.864. The summed E-state index contributed by atoms with van der Waals surface area (Å²) in [6.45, 7) is 24.9. The van der Waals surface area contributed by atoms with Crippen molar-refractivity contribution in [3.8, 4) is 0 Å². The fourth-order valence-corrected chi connectivity index (χ4v) is 1.46. The smallest absolute Gasteiger partial charge is 0.00791 e. The molecule has 0 rings (SSSR count). The average molecular weight is 234 g/mol. The lowest BCUT2D eigenvalue weighted by molar-refractivity contribution is 1.41. The molecule has 88 valence electrons. The molecule has 0 heterocycles. The van der Waals surface area contributed by atoms with Crippen LogP contribution < -0.4 is 0 Å². The summed E-state index contributed by atoms with van der Waals surface area (Å²) in [7, 11) is 0. The molecule has 0 fully saturated rings.